The van der Waals surface area contributed by atoms with Crippen molar-refractivity contribution in [1.29, 1.82) is 0 Å². The van der Waals surface area contributed by atoms with Gasteiger partial charge in [-0.25, -0.2) is 0 Å². The molecule has 1 N–H and O–H groups in total. The Labute approximate surface area is 187 Å². The van der Waals surface area contributed by atoms with E-state index in [0.29, 0.717) is 22.8 Å². The molecule has 0 saturated heterocycles. The molecule has 0 saturated carbocycles. The maximum absolute atomic E-state index is 12.8. The summed E-state index contributed by atoms with van der Waals surface area (Å²) in [7, 11) is 1.32. The molecule has 33 heavy (non-hydrogen) atoms. The minimum Gasteiger partial charge on any atom is -0.490 e. The highest BCUT2D eigenvalue weighted by atomic mass is 16.6. The second kappa shape index (κ2) is 9.60. The number of carbonyl (C=O) groups is 1. The molecule has 1 heterocycles. The molecule has 0 radical (unpaired) electrons. The van der Waals surface area contributed by atoms with Crippen LogP contribution >= 0.6 is 0 Å². The van der Waals surface area contributed by atoms with Gasteiger partial charge in [0.2, 0.25) is 5.82 Å². The van der Waals surface area contributed by atoms with Crippen molar-refractivity contribution in [2.75, 3.05) is 12.4 Å². The Morgan fingerprint density at radius 1 is 1.09 bits per heavy atom. The van der Waals surface area contributed by atoms with Gasteiger partial charge in [-0.05, 0) is 36.4 Å². The van der Waals surface area contributed by atoms with E-state index < -0.39 is 10.8 Å². The molecular formula is C23H18N4O6. The molecule has 0 aliphatic carbocycles. The lowest BCUT2D eigenvalue weighted by atomic mass is 10.1. The standard InChI is InChI=1S/C23H18N4O6/c1-31-20-12-11-15(13-19(20)27(29)30)22(28)24-18-10-6-5-9-17(18)23-25-21(26-33-23)14-32-16-7-3-2-4-8-16/h2-13H,14H2,1H3,(H,24,28). The lowest BCUT2D eigenvalue weighted by molar-refractivity contribution is -0.385. The number of carbonyl (C=O) groups excluding carboxylic acids is 1. The van der Waals surface area contributed by atoms with Gasteiger partial charge in [0.05, 0.1) is 23.3 Å². The van der Waals surface area contributed by atoms with Crippen molar-refractivity contribution in [2.45, 2.75) is 6.61 Å². The number of benzene rings is 3. The Morgan fingerprint density at radius 3 is 2.61 bits per heavy atom. The monoisotopic (exact) mass is 446 g/mol. The predicted molar refractivity (Wildman–Crippen MR) is 118 cm³/mol. The molecule has 1 amide bonds. The first-order valence-corrected chi connectivity index (χ1v) is 9.79. The normalized spacial score (nSPS) is 10.5. The van der Waals surface area contributed by atoms with Crippen LogP contribution in [0.1, 0.15) is 16.2 Å². The van der Waals surface area contributed by atoms with Gasteiger partial charge in [0.15, 0.2) is 12.4 Å². The van der Waals surface area contributed by atoms with Crippen LogP contribution in [0.5, 0.6) is 11.5 Å². The smallest absolute Gasteiger partial charge is 0.311 e. The van der Waals surface area contributed by atoms with Crippen LogP contribution < -0.4 is 14.8 Å². The van der Waals surface area contributed by atoms with Gasteiger partial charge in [-0.15, -0.1) is 0 Å². The van der Waals surface area contributed by atoms with Crippen molar-refractivity contribution in [3.8, 4) is 23.0 Å². The quantitative estimate of drug-likeness (QED) is 0.310. The molecule has 4 aromatic rings. The van der Waals surface area contributed by atoms with Crippen LogP contribution in [-0.4, -0.2) is 28.1 Å². The van der Waals surface area contributed by atoms with E-state index in [9.17, 15) is 14.9 Å². The Kier molecular flexibility index (Phi) is 6.26. The summed E-state index contributed by atoms with van der Waals surface area (Å²) in [6, 6.07) is 20.0. The molecule has 0 unspecified atom stereocenters. The number of nitro groups is 1. The second-order valence-electron chi connectivity index (χ2n) is 6.76. The van der Waals surface area contributed by atoms with Crippen molar-refractivity contribution in [2.24, 2.45) is 0 Å². The first kappa shape index (κ1) is 21.5. The van der Waals surface area contributed by atoms with Crippen LogP contribution in [0, 0.1) is 10.1 Å². The number of nitrogens with zero attached hydrogens (tertiary/aromatic N) is 3. The van der Waals surface area contributed by atoms with Gasteiger partial charge in [0.1, 0.15) is 5.75 Å². The van der Waals surface area contributed by atoms with E-state index in [1.165, 1.54) is 19.2 Å². The summed E-state index contributed by atoms with van der Waals surface area (Å²) in [6.07, 6.45) is 0. The first-order valence-electron chi connectivity index (χ1n) is 9.79. The lowest BCUT2D eigenvalue weighted by Gasteiger charge is -2.09. The van der Waals surface area contributed by atoms with Crippen LogP contribution in [0.15, 0.2) is 77.3 Å². The fourth-order valence-electron chi connectivity index (χ4n) is 3.03. The van der Waals surface area contributed by atoms with Crippen LogP contribution in [0.25, 0.3) is 11.5 Å². The zero-order valence-electron chi connectivity index (χ0n) is 17.4. The molecule has 10 nitrogen and oxygen atoms in total. The number of methoxy groups -OCH3 is 1. The molecule has 0 aliphatic heterocycles. The number of nitro benzene ring substituents is 1. The van der Waals surface area contributed by atoms with Crippen molar-refractivity contribution in [3.63, 3.8) is 0 Å². The Hall–Kier alpha value is -4.73. The fourth-order valence-corrected chi connectivity index (χ4v) is 3.03. The number of para-hydroxylation sites is 2. The summed E-state index contributed by atoms with van der Waals surface area (Å²) in [5.41, 5.74) is 0.686. The minimum absolute atomic E-state index is 0.0630. The average molecular weight is 446 g/mol. The summed E-state index contributed by atoms with van der Waals surface area (Å²) >= 11 is 0. The van der Waals surface area contributed by atoms with Gasteiger partial charge >= 0.3 is 5.69 Å². The Balaban J connectivity index is 1.52. The summed E-state index contributed by atoms with van der Waals surface area (Å²) < 4.78 is 15.9. The van der Waals surface area contributed by atoms with Gasteiger partial charge in [0.25, 0.3) is 11.8 Å². The van der Waals surface area contributed by atoms with Gasteiger partial charge in [-0.2, -0.15) is 4.98 Å². The summed E-state index contributed by atoms with van der Waals surface area (Å²) in [5.74, 6) is 0.720. The maximum atomic E-state index is 12.8. The fraction of sp³-hybridized carbons (Fsp3) is 0.0870. The van der Waals surface area contributed by atoms with Crippen molar-refractivity contribution < 1.29 is 23.7 Å². The molecule has 0 aliphatic rings. The highest BCUT2D eigenvalue weighted by Gasteiger charge is 2.20. The number of anilines is 1. The largest absolute Gasteiger partial charge is 0.490 e. The molecule has 166 valence electrons. The number of hydrogen-bond acceptors (Lipinski definition) is 8. The molecule has 1 aromatic heterocycles. The SMILES string of the molecule is COc1ccc(C(=O)Nc2ccccc2-c2nc(COc3ccccc3)no2)cc1[N+](=O)[O-]. The molecular weight excluding hydrogens is 428 g/mol. The van der Waals surface area contributed by atoms with E-state index in [2.05, 4.69) is 15.5 Å². The highest BCUT2D eigenvalue weighted by molar-refractivity contribution is 6.06. The number of aromatic nitrogens is 2. The number of nitrogens with one attached hydrogen (secondary N) is 1. The maximum Gasteiger partial charge on any atom is 0.311 e. The zero-order chi connectivity index (χ0) is 23.2. The van der Waals surface area contributed by atoms with Gasteiger partial charge in [-0.3, -0.25) is 14.9 Å². The Bertz CT molecular complexity index is 1290. The molecule has 0 bridgehead atoms. The van der Waals surface area contributed by atoms with Crippen molar-refractivity contribution in [3.05, 3.63) is 94.3 Å². The van der Waals surface area contributed by atoms with Crippen molar-refractivity contribution >= 4 is 17.3 Å². The van der Waals surface area contributed by atoms with Crippen LogP contribution in [0.2, 0.25) is 0 Å². The van der Waals surface area contributed by atoms with Gasteiger partial charge < -0.3 is 19.3 Å². The number of rotatable bonds is 8. The average Bonchev–Trinajstić information content (AvgIpc) is 3.32. The van der Waals surface area contributed by atoms with Crippen LogP contribution in [-0.2, 0) is 6.61 Å². The van der Waals surface area contributed by atoms with E-state index >= 15 is 0 Å². The molecule has 3 aromatic carbocycles. The highest BCUT2D eigenvalue weighted by Crippen LogP contribution is 2.30. The number of amides is 1. The predicted octanol–water partition coefficient (Wildman–Crippen LogP) is 4.48. The van der Waals surface area contributed by atoms with E-state index in [0.717, 1.165) is 6.07 Å². The van der Waals surface area contributed by atoms with Crippen molar-refractivity contribution in [1.82, 2.24) is 10.1 Å². The zero-order valence-corrected chi connectivity index (χ0v) is 17.4. The number of hydrogen-bond donors (Lipinski definition) is 1. The van der Waals surface area contributed by atoms with E-state index in [4.69, 9.17) is 14.0 Å². The molecule has 10 heteroatoms. The molecule has 4 rings (SSSR count). The third kappa shape index (κ3) is 4.96. The third-order valence-electron chi connectivity index (χ3n) is 4.62. The van der Waals surface area contributed by atoms with Crippen LogP contribution in [0.3, 0.4) is 0 Å². The summed E-state index contributed by atoms with van der Waals surface area (Å²) in [6.45, 7) is 0.109. The third-order valence-corrected chi connectivity index (χ3v) is 4.62. The van der Waals surface area contributed by atoms with E-state index in [-0.39, 0.29) is 29.5 Å². The number of ether oxygens (including phenoxy) is 2. The molecule has 0 spiro atoms. The minimum atomic E-state index is -0.610. The molecule has 0 atom stereocenters. The Morgan fingerprint density at radius 2 is 1.85 bits per heavy atom. The second-order valence-corrected chi connectivity index (χ2v) is 6.76. The summed E-state index contributed by atoms with van der Waals surface area (Å²) in [4.78, 5) is 27.8. The van der Waals surface area contributed by atoms with E-state index in [1.807, 2.05) is 30.3 Å². The topological polar surface area (TPSA) is 130 Å². The summed E-state index contributed by atoms with van der Waals surface area (Å²) in [5, 5.41) is 17.9. The first-order chi connectivity index (χ1) is 16.0. The molecule has 0 fully saturated rings. The van der Waals surface area contributed by atoms with Gasteiger partial charge in [-0.1, -0.05) is 35.5 Å². The van der Waals surface area contributed by atoms with Gasteiger partial charge in [0, 0.05) is 11.6 Å². The lowest BCUT2D eigenvalue weighted by Crippen LogP contribution is -2.13. The van der Waals surface area contributed by atoms with Crippen LogP contribution in [0.4, 0.5) is 11.4 Å². The van der Waals surface area contributed by atoms with E-state index in [1.54, 1.807) is 24.3 Å².